The molecular weight excluding hydrogens is 749 g/mol. The van der Waals surface area contributed by atoms with E-state index < -0.39 is 92.6 Å². The van der Waals surface area contributed by atoms with Crippen molar-refractivity contribution in [3.8, 4) is 11.5 Å². The van der Waals surface area contributed by atoms with Crippen LogP contribution in [0.3, 0.4) is 0 Å². The molecule has 1 saturated carbocycles. The van der Waals surface area contributed by atoms with E-state index in [1.165, 1.54) is 31.4 Å². The fraction of sp³-hybridized carbons (Fsp3) is 0.400. The number of aromatic hydroxyl groups is 1. The first-order valence-electron chi connectivity index (χ1n) is 13.9. The summed E-state index contributed by atoms with van der Waals surface area (Å²) in [6, 6.07) is 4.35. The third-order valence-electron chi connectivity index (χ3n) is 9.37. The molecule has 1 N–H and O–H groups in total. The van der Waals surface area contributed by atoms with E-state index >= 15 is 0 Å². The summed E-state index contributed by atoms with van der Waals surface area (Å²) >= 11 is 17.3. The van der Waals surface area contributed by atoms with Crippen LogP contribution in [0, 0.1) is 17.8 Å². The number of hydrogen-bond acceptors (Lipinski definition) is 6. The maximum atomic E-state index is 14.1. The summed E-state index contributed by atoms with van der Waals surface area (Å²) in [7, 11) is 1.27. The number of hydrogen-bond donors (Lipinski definition) is 1. The van der Waals surface area contributed by atoms with Crippen LogP contribution < -0.4 is 9.64 Å². The number of benzene rings is 2. The van der Waals surface area contributed by atoms with Gasteiger partial charge in [-0.1, -0.05) is 33.6 Å². The summed E-state index contributed by atoms with van der Waals surface area (Å²) < 4.78 is 87.5. The lowest BCUT2D eigenvalue weighted by Crippen LogP contribution is -2.60. The first kappa shape index (κ1) is 33.6. The lowest BCUT2D eigenvalue weighted by atomic mass is 9.56. The summed E-state index contributed by atoms with van der Waals surface area (Å²) in [6.45, 7) is 0. The molecule has 2 heterocycles. The van der Waals surface area contributed by atoms with E-state index in [4.69, 9.17) is 27.9 Å². The molecule has 3 fully saturated rings. The van der Waals surface area contributed by atoms with Gasteiger partial charge in [-0.25, -0.2) is 4.90 Å². The van der Waals surface area contributed by atoms with Gasteiger partial charge in [-0.05, 0) is 43.0 Å². The number of nitrogens with zero attached hydrogens (tertiary/aromatic N) is 2. The number of phenols is 1. The minimum Gasteiger partial charge on any atom is -0.508 e. The van der Waals surface area contributed by atoms with Crippen LogP contribution >= 0.6 is 39.1 Å². The average Bonchev–Trinajstić information content (AvgIpc) is 3.33. The first-order chi connectivity index (χ1) is 21.8. The van der Waals surface area contributed by atoms with Gasteiger partial charge in [-0.2, -0.15) is 26.3 Å². The molecule has 8 nitrogen and oxygen atoms in total. The second kappa shape index (κ2) is 10.9. The van der Waals surface area contributed by atoms with Gasteiger partial charge in [0.1, 0.15) is 11.5 Å². The van der Waals surface area contributed by atoms with Crippen LogP contribution in [0.2, 0.25) is 0 Å². The monoisotopic (exact) mass is 768 g/mol. The van der Waals surface area contributed by atoms with E-state index in [-0.39, 0.29) is 35.0 Å². The highest BCUT2D eigenvalue weighted by Gasteiger charge is 2.76. The molecule has 4 aliphatic rings. The molecule has 0 aromatic heterocycles. The smallest absolute Gasteiger partial charge is 0.416 e. The van der Waals surface area contributed by atoms with Gasteiger partial charge in [0.2, 0.25) is 11.8 Å². The highest BCUT2D eigenvalue weighted by atomic mass is 79.9. The third-order valence-corrected chi connectivity index (χ3v) is 11.3. The van der Waals surface area contributed by atoms with Crippen LogP contribution in [0.5, 0.6) is 11.5 Å². The number of likely N-dealkylation sites (tertiary alicyclic amines) is 1. The lowest BCUT2D eigenvalue weighted by molar-refractivity contribution is -0.143. The van der Waals surface area contributed by atoms with E-state index in [1.54, 1.807) is 0 Å². The van der Waals surface area contributed by atoms with Crippen molar-refractivity contribution >= 4 is 68.4 Å². The summed E-state index contributed by atoms with van der Waals surface area (Å²) in [5.41, 5.74) is -4.17. The van der Waals surface area contributed by atoms with Crippen molar-refractivity contribution in [2.75, 3.05) is 17.5 Å². The van der Waals surface area contributed by atoms with Crippen molar-refractivity contribution < 1.29 is 55.4 Å². The van der Waals surface area contributed by atoms with Crippen LogP contribution in [0.15, 0.2) is 48.0 Å². The highest BCUT2D eigenvalue weighted by Crippen LogP contribution is 2.66. The molecule has 2 aromatic rings. The number of alkyl halides is 9. The van der Waals surface area contributed by atoms with Crippen molar-refractivity contribution in [1.29, 1.82) is 0 Å². The second-order valence-corrected chi connectivity index (χ2v) is 13.4. The SMILES string of the molecule is COc1cc(O)ccc1[C@H]1C2=CC[C@@H]3C(=O)N(c4cc(C(F)(F)F)cc(C(F)(F)F)c4)C(=O)[C@@H]3[C@@H]2C[C@@]2(Cl)C(=O)N(CBr)C(=O)[C@@]12Cl. The number of ether oxygens (including phenoxy) is 1. The third kappa shape index (κ3) is 4.70. The minimum absolute atomic E-state index is 0.0364. The molecule has 2 saturated heterocycles. The number of anilines is 1. The van der Waals surface area contributed by atoms with Crippen molar-refractivity contribution in [2.45, 2.75) is 40.9 Å². The molecule has 47 heavy (non-hydrogen) atoms. The molecule has 17 heteroatoms. The Morgan fingerprint density at radius 1 is 0.936 bits per heavy atom. The fourth-order valence-corrected chi connectivity index (χ4v) is 8.78. The van der Waals surface area contributed by atoms with Gasteiger partial charge >= 0.3 is 12.4 Å². The van der Waals surface area contributed by atoms with Crippen molar-refractivity contribution in [3.05, 3.63) is 64.7 Å². The molecule has 0 spiro atoms. The summed E-state index contributed by atoms with van der Waals surface area (Å²) in [6.07, 6.45) is -9.63. The zero-order valence-electron chi connectivity index (χ0n) is 23.8. The van der Waals surface area contributed by atoms with Gasteiger partial charge in [0.15, 0.2) is 9.75 Å². The molecule has 0 radical (unpaired) electrons. The molecule has 6 atom stereocenters. The van der Waals surface area contributed by atoms with Gasteiger partial charge in [0.05, 0.1) is 41.2 Å². The topological polar surface area (TPSA) is 104 Å². The molecular formula is C30H21BrCl2F6N2O6. The normalized spacial score (nSPS) is 30.7. The number of phenolic OH excluding ortho intramolecular Hbond substituents is 1. The Balaban J connectivity index is 1.52. The number of fused-ring (bicyclic) bond motifs is 4. The van der Waals surface area contributed by atoms with E-state index in [0.717, 1.165) is 4.90 Å². The predicted molar refractivity (Wildman–Crippen MR) is 157 cm³/mol. The number of methoxy groups -OCH3 is 1. The van der Waals surface area contributed by atoms with Gasteiger partial charge < -0.3 is 9.84 Å². The van der Waals surface area contributed by atoms with Crippen molar-refractivity contribution in [1.82, 2.24) is 4.90 Å². The molecule has 4 amide bonds. The number of halogens is 9. The van der Waals surface area contributed by atoms with Gasteiger partial charge in [-0.3, -0.25) is 24.1 Å². The molecule has 2 aromatic carbocycles. The Kier molecular flexibility index (Phi) is 7.76. The molecule has 250 valence electrons. The Hall–Kier alpha value is -3.30. The number of amides is 4. The fourth-order valence-electron chi connectivity index (χ4n) is 7.36. The van der Waals surface area contributed by atoms with Crippen LogP contribution in [-0.2, 0) is 31.5 Å². The van der Waals surface area contributed by atoms with Gasteiger partial charge in [0, 0.05) is 17.5 Å². The molecule has 2 aliphatic heterocycles. The number of carbonyl (C=O) groups is 4. The first-order valence-corrected chi connectivity index (χ1v) is 15.7. The molecule has 2 aliphatic carbocycles. The minimum atomic E-state index is -5.24. The van der Waals surface area contributed by atoms with Gasteiger partial charge in [-0.15, -0.1) is 23.2 Å². The standard InChI is InChI=1S/C30H21BrCl2F6N2O6/c1-47-20-9-15(42)2-3-17(20)22-16-4-5-18-21(19(16)10-27(32)25(45)40(11-31)26(46)28(22,27)33)24(44)41(23(18)43)14-7-12(29(34,35)36)6-13(8-14)30(37,38)39/h2-4,6-9,18-19,21-22,42H,5,10-11H2,1H3/t18-,19+,21-,22+,27+,28-/m0/s1. The zero-order valence-corrected chi connectivity index (χ0v) is 26.9. The van der Waals surface area contributed by atoms with Gasteiger partial charge in [0.25, 0.3) is 11.8 Å². The number of imide groups is 2. The van der Waals surface area contributed by atoms with E-state index in [9.17, 15) is 50.6 Å². The van der Waals surface area contributed by atoms with Crippen LogP contribution in [0.4, 0.5) is 32.0 Å². The number of rotatable bonds is 4. The largest absolute Gasteiger partial charge is 0.508 e. The second-order valence-electron chi connectivity index (χ2n) is 11.7. The van der Waals surface area contributed by atoms with Crippen molar-refractivity contribution in [2.24, 2.45) is 17.8 Å². The maximum Gasteiger partial charge on any atom is 0.416 e. The maximum absolute atomic E-state index is 14.1. The molecule has 0 bridgehead atoms. The number of allylic oxidation sites excluding steroid dienone is 2. The highest BCUT2D eigenvalue weighted by molar-refractivity contribution is 9.09. The summed E-state index contributed by atoms with van der Waals surface area (Å²) in [4.78, 5) is 52.0. The Morgan fingerprint density at radius 3 is 2.11 bits per heavy atom. The molecule has 6 rings (SSSR count). The summed E-state index contributed by atoms with van der Waals surface area (Å²) in [5.74, 6) is -9.17. The van der Waals surface area contributed by atoms with Crippen LogP contribution in [0.1, 0.15) is 35.4 Å². The predicted octanol–water partition coefficient (Wildman–Crippen LogP) is 6.35. The summed E-state index contributed by atoms with van der Waals surface area (Å²) in [5, 5.41) is 10.1. The molecule has 0 unspecified atom stereocenters. The Labute approximate surface area is 280 Å². The Bertz CT molecular complexity index is 1750. The van der Waals surface area contributed by atoms with Crippen molar-refractivity contribution in [3.63, 3.8) is 0 Å². The quantitative estimate of drug-likeness (QED) is 0.128. The van der Waals surface area contributed by atoms with E-state index in [2.05, 4.69) is 15.9 Å². The lowest BCUT2D eigenvalue weighted by Gasteiger charge is -2.50. The van der Waals surface area contributed by atoms with E-state index in [1.807, 2.05) is 0 Å². The average molecular weight is 770 g/mol. The van der Waals surface area contributed by atoms with Crippen LogP contribution in [-0.4, -0.2) is 55.9 Å². The Morgan fingerprint density at radius 2 is 1.55 bits per heavy atom. The number of carbonyl (C=O) groups excluding carboxylic acids is 4. The zero-order chi connectivity index (χ0) is 34.6. The van der Waals surface area contributed by atoms with Crippen LogP contribution in [0.25, 0.3) is 0 Å². The van der Waals surface area contributed by atoms with E-state index in [0.29, 0.717) is 22.6 Å².